The number of aromatic nitrogens is 3. The Labute approximate surface area is 141 Å². The number of halogens is 2. The third kappa shape index (κ3) is 3.01. The molecule has 4 nitrogen and oxygen atoms in total. The number of fused-ring (bicyclic) bond motifs is 1. The zero-order chi connectivity index (χ0) is 15.8. The minimum Gasteiger partial charge on any atom is -0.359 e. The second-order valence-electron chi connectivity index (χ2n) is 5.66. The van der Waals surface area contributed by atoms with Crippen molar-refractivity contribution in [3.05, 3.63) is 35.5 Å². The Morgan fingerprint density at radius 1 is 1.22 bits per heavy atom. The van der Waals surface area contributed by atoms with Gasteiger partial charge in [0.25, 0.3) is 0 Å². The molecule has 7 heteroatoms. The molecule has 1 N–H and O–H groups in total. The molecule has 2 heterocycles. The van der Waals surface area contributed by atoms with E-state index in [4.69, 9.17) is 11.6 Å². The van der Waals surface area contributed by atoms with Crippen molar-refractivity contribution in [1.82, 2.24) is 15.0 Å². The first kappa shape index (κ1) is 14.8. The molecule has 1 fully saturated rings. The first-order valence-electron chi connectivity index (χ1n) is 7.54. The Hall–Kier alpha value is -1.79. The molecular weight excluding hydrogens is 335 g/mol. The lowest BCUT2D eigenvalue weighted by Gasteiger charge is -2.09. The fourth-order valence-electron chi connectivity index (χ4n) is 2.93. The molecule has 0 spiro atoms. The van der Waals surface area contributed by atoms with Crippen LogP contribution in [-0.2, 0) is 0 Å². The van der Waals surface area contributed by atoms with Crippen molar-refractivity contribution < 1.29 is 4.39 Å². The summed E-state index contributed by atoms with van der Waals surface area (Å²) in [7, 11) is 0. The molecule has 1 aromatic carbocycles. The van der Waals surface area contributed by atoms with Crippen LogP contribution in [-0.4, -0.2) is 21.0 Å². The highest BCUT2D eigenvalue weighted by molar-refractivity contribution is 7.22. The molecule has 2 aromatic heterocycles. The predicted molar refractivity (Wildman–Crippen MR) is 91.5 cm³/mol. The Morgan fingerprint density at radius 3 is 2.87 bits per heavy atom. The molecule has 1 saturated carbocycles. The topological polar surface area (TPSA) is 50.7 Å². The maximum atomic E-state index is 13.9. The number of thiazole rings is 1. The van der Waals surface area contributed by atoms with E-state index in [1.54, 1.807) is 11.3 Å². The van der Waals surface area contributed by atoms with Gasteiger partial charge in [-0.3, -0.25) is 0 Å². The number of rotatable bonds is 3. The van der Waals surface area contributed by atoms with E-state index in [1.165, 1.54) is 25.7 Å². The maximum absolute atomic E-state index is 13.9. The van der Waals surface area contributed by atoms with E-state index >= 15 is 0 Å². The standard InChI is InChI=1S/C16H14ClFN4S/c17-15-19-8-11(18)14(22-15)9-5-6-12-13(7-9)23-16(21-12)20-10-3-1-2-4-10/h5-8,10H,1-4H2,(H,20,21). The zero-order valence-electron chi connectivity index (χ0n) is 12.2. The summed E-state index contributed by atoms with van der Waals surface area (Å²) >= 11 is 7.36. The molecule has 23 heavy (non-hydrogen) atoms. The van der Waals surface area contributed by atoms with Gasteiger partial charge in [0.05, 0.1) is 16.4 Å². The van der Waals surface area contributed by atoms with E-state index < -0.39 is 5.82 Å². The first-order valence-corrected chi connectivity index (χ1v) is 8.74. The van der Waals surface area contributed by atoms with Crippen LogP contribution in [0, 0.1) is 5.82 Å². The Bertz CT molecular complexity index is 860. The lowest BCUT2D eigenvalue weighted by Crippen LogP contribution is -2.13. The van der Waals surface area contributed by atoms with E-state index in [1.807, 2.05) is 18.2 Å². The number of nitrogens with zero attached hydrogens (tertiary/aromatic N) is 3. The summed E-state index contributed by atoms with van der Waals surface area (Å²) < 4.78 is 14.9. The van der Waals surface area contributed by atoms with Crippen molar-refractivity contribution in [2.75, 3.05) is 5.32 Å². The van der Waals surface area contributed by atoms with Gasteiger partial charge >= 0.3 is 0 Å². The van der Waals surface area contributed by atoms with Gasteiger partial charge in [0.2, 0.25) is 5.28 Å². The van der Waals surface area contributed by atoms with E-state index in [0.29, 0.717) is 11.6 Å². The molecule has 1 aliphatic rings. The van der Waals surface area contributed by atoms with Crippen molar-refractivity contribution >= 4 is 38.3 Å². The molecule has 1 aliphatic carbocycles. The molecule has 0 bridgehead atoms. The van der Waals surface area contributed by atoms with Crippen LogP contribution < -0.4 is 5.32 Å². The highest BCUT2D eigenvalue weighted by atomic mass is 35.5. The lowest BCUT2D eigenvalue weighted by molar-refractivity contribution is 0.618. The van der Waals surface area contributed by atoms with Gasteiger partial charge in [-0.25, -0.2) is 19.3 Å². The van der Waals surface area contributed by atoms with Gasteiger partial charge in [-0.15, -0.1) is 0 Å². The van der Waals surface area contributed by atoms with Crippen LogP contribution >= 0.6 is 22.9 Å². The Morgan fingerprint density at radius 2 is 2.04 bits per heavy atom. The predicted octanol–water partition coefficient (Wildman–Crippen LogP) is 4.90. The maximum Gasteiger partial charge on any atom is 0.223 e. The number of hydrogen-bond donors (Lipinski definition) is 1. The summed E-state index contributed by atoms with van der Waals surface area (Å²) in [5, 5.41) is 4.45. The van der Waals surface area contributed by atoms with Gasteiger partial charge in [-0.1, -0.05) is 30.2 Å². The largest absolute Gasteiger partial charge is 0.359 e. The van der Waals surface area contributed by atoms with Crippen molar-refractivity contribution in [2.45, 2.75) is 31.7 Å². The Balaban J connectivity index is 1.68. The molecule has 3 aromatic rings. The second kappa shape index (κ2) is 6.02. The number of hydrogen-bond acceptors (Lipinski definition) is 5. The molecule has 0 saturated heterocycles. The van der Waals surface area contributed by atoms with Crippen LogP contribution in [0.2, 0.25) is 5.28 Å². The van der Waals surface area contributed by atoms with Crippen molar-refractivity contribution in [3.63, 3.8) is 0 Å². The average molecular weight is 349 g/mol. The summed E-state index contributed by atoms with van der Waals surface area (Å²) in [6.07, 6.45) is 6.05. The van der Waals surface area contributed by atoms with Gasteiger partial charge in [0, 0.05) is 11.6 Å². The van der Waals surface area contributed by atoms with Crippen LogP contribution in [0.4, 0.5) is 9.52 Å². The van der Waals surface area contributed by atoms with Gasteiger partial charge in [0.15, 0.2) is 10.9 Å². The summed E-state index contributed by atoms with van der Waals surface area (Å²) in [5.41, 5.74) is 1.79. The minimum absolute atomic E-state index is 0.0365. The number of nitrogens with one attached hydrogen (secondary N) is 1. The van der Waals surface area contributed by atoms with E-state index in [9.17, 15) is 4.39 Å². The van der Waals surface area contributed by atoms with Crippen LogP contribution in [0.5, 0.6) is 0 Å². The quantitative estimate of drug-likeness (QED) is 0.684. The van der Waals surface area contributed by atoms with Crippen LogP contribution in [0.15, 0.2) is 24.4 Å². The third-order valence-electron chi connectivity index (χ3n) is 4.06. The number of benzene rings is 1. The normalized spacial score (nSPS) is 15.4. The summed E-state index contributed by atoms with van der Waals surface area (Å²) in [5.74, 6) is -0.484. The molecule has 4 rings (SSSR count). The molecule has 118 valence electrons. The molecule has 0 amide bonds. The van der Waals surface area contributed by atoms with Crippen LogP contribution in [0.3, 0.4) is 0 Å². The number of anilines is 1. The smallest absolute Gasteiger partial charge is 0.223 e. The molecule has 0 atom stereocenters. The lowest BCUT2D eigenvalue weighted by atomic mass is 10.1. The highest BCUT2D eigenvalue weighted by Gasteiger charge is 2.17. The molecule has 0 aliphatic heterocycles. The monoisotopic (exact) mass is 348 g/mol. The summed E-state index contributed by atoms with van der Waals surface area (Å²) in [6, 6.07) is 6.11. The van der Waals surface area contributed by atoms with E-state index in [2.05, 4.69) is 20.3 Å². The zero-order valence-corrected chi connectivity index (χ0v) is 13.8. The minimum atomic E-state index is -0.484. The molecule has 0 radical (unpaired) electrons. The highest BCUT2D eigenvalue weighted by Crippen LogP contribution is 2.32. The fourth-order valence-corrected chi connectivity index (χ4v) is 4.04. The summed E-state index contributed by atoms with van der Waals surface area (Å²) in [6.45, 7) is 0. The van der Waals surface area contributed by atoms with Gasteiger partial charge in [0.1, 0.15) is 5.69 Å². The summed E-state index contributed by atoms with van der Waals surface area (Å²) in [4.78, 5) is 12.2. The van der Waals surface area contributed by atoms with Crippen LogP contribution in [0.25, 0.3) is 21.5 Å². The van der Waals surface area contributed by atoms with Crippen molar-refractivity contribution in [3.8, 4) is 11.3 Å². The van der Waals surface area contributed by atoms with Gasteiger partial charge < -0.3 is 5.32 Å². The SMILES string of the molecule is Fc1cnc(Cl)nc1-c1ccc2nc(NC3CCCC3)sc2c1. The van der Waals surface area contributed by atoms with Gasteiger partial charge in [-0.2, -0.15) is 0 Å². The van der Waals surface area contributed by atoms with Crippen molar-refractivity contribution in [2.24, 2.45) is 0 Å². The fraction of sp³-hybridized carbons (Fsp3) is 0.312. The molecule has 0 unspecified atom stereocenters. The van der Waals surface area contributed by atoms with E-state index in [0.717, 1.165) is 21.5 Å². The second-order valence-corrected chi connectivity index (χ2v) is 7.03. The van der Waals surface area contributed by atoms with Crippen LogP contribution in [0.1, 0.15) is 25.7 Å². The Kier molecular flexibility index (Phi) is 3.87. The first-order chi connectivity index (χ1) is 11.2. The van der Waals surface area contributed by atoms with E-state index in [-0.39, 0.29) is 11.0 Å². The van der Waals surface area contributed by atoms with Crippen molar-refractivity contribution in [1.29, 1.82) is 0 Å². The third-order valence-corrected chi connectivity index (χ3v) is 5.19. The average Bonchev–Trinajstić information content (AvgIpc) is 3.18. The molecular formula is C16H14ClFN4S. The van der Waals surface area contributed by atoms with Gasteiger partial charge in [-0.05, 0) is 36.6 Å².